The highest BCUT2D eigenvalue weighted by atomic mass is 35.5. The third-order valence-electron chi connectivity index (χ3n) is 5.32. The van der Waals surface area contributed by atoms with Gasteiger partial charge in [0.2, 0.25) is 0 Å². The Hall–Kier alpha value is -2.46. The smallest absolute Gasteiger partial charge is 0.344 e. The second kappa shape index (κ2) is 9.99. The molecule has 0 N–H and O–H groups in total. The minimum absolute atomic E-state index is 0.0278. The Balaban J connectivity index is 1.76. The Labute approximate surface area is 190 Å². The van der Waals surface area contributed by atoms with Gasteiger partial charge in [0.1, 0.15) is 22.8 Å². The van der Waals surface area contributed by atoms with E-state index in [0.29, 0.717) is 19.4 Å². The van der Waals surface area contributed by atoms with Gasteiger partial charge in [0.25, 0.3) is 5.91 Å². The van der Waals surface area contributed by atoms with Crippen molar-refractivity contribution in [3.05, 3.63) is 40.4 Å². The molecule has 8 nitrogen and oxygen atoms in total. The number of unbranched alkanes of at least 4 members (excludes halogenated alkanes) is 1. The molecule has 1 aliphatic rings. The summed E-state index contributed by atoms with van der Waals surface area (Å²) in [4.78, 5) is 27.0. The lowest BCUT2D eigenvalue weighted by atomic mass is 10.1. The summed E-state index contributed by atoms with van der Waals surface area (Å²) in [6.45, 7) is 3.20. The second-order valence-electron chi connectivity index (χ2n) is 7.63. The van der Waals surface area contributed by atoms with Gasteiger partial charge in [-0.05, 0) is 31.9 Å². The van der Waals surface area contributed by atoms with E-state index in [4.69, 9.17) is 20.9 Å². The van der Waals surface area contributed by atoms with E-state index in [1.54, 1.807) is 0 Å². The fourth-order valence-corrected chi connectivity index (χ4v) is 5.63. The summed E-state index contributed by atoms with van der Waals surface area (Å²) in [6, 6.07) is 3.59. The molecule has 1 amide bonds. The third kappa shape index (κ3) is 5.29. The lowest BCUT2D eigenvalue weighted by molar-refractivity contribution is -0.136. The van der Waals surface area contributed by atoms with E-state index >= 15 is 0 Å². The average Bonchev–Trinajstić information content (AvgIpc) is 3.28. The van der Waals surface area contributed by atoms with Crippen molar-refractivity contribution in [2.45, 2.75) is 39.2 Å². The number of halogens is 2. The molecule has 1 aliphatic heterocycles. The van der Waals surface area contributed by atoms with Crippen LogP contribution in [-0.2, 0) is 19.4 Å². The average molecular weight is 487 g/mol. The van der Waals surface area contributed by atoms with Crippen molar-refractivity contribution in [3.63, 3.8) is 0 Å². The normalized spacial score (nSPS) is 17.3. The Kier molecular flexibility index (Phi) is 7.55. The zero-order valence-corrected chi connectivity index (χ0v) is 19.3. The van der Waals surface area contributed by atoms with Crippen molar-refractivity contribution in [3.8, 4) is 11.3 Å². The quantitative estimate of drug-likeness (QED) is 0.526. The first-order valence-corrected chi connectivity index (χ1v) is 12.4. The van der Waals surface area contributed by atoms with Crippen LogP contribution in [0.3, 0.4) is 0 Å². The molecule has 0 spiro atoms. The van der Waals surface area contributed by atoms with Crippen LogP contribution >= 0.6 is 11.6 Å². The molecule has 2 heterocycles. The summed E-state index contributed by atoms with van der Waals surface area (Å²) in [6.07, 6.45) is 1.86. The van der Waals surface area contributed by atoms with Crippen molar-refractivity contribution in [1.29, 1.82) is 0 Å². The third-order valence-corrected chi connectivity index (χ3v) is 7.38. The first-order chi connectivity index (χ1) is 15.1. The molecule has 2 aromatic rings. The number of aromatic nitrogens is 1. The first-order valence-electron chi connectivity index (χ1n) is 10.2. The van der Waals surface area contributed by atoms with Crippen molar-refractivity contribution in [1.82, 2.24) is 10.1 Å². The Bertz CT molecular complexity index is 1100. The number of hydrogen-bond acceptors (Lipinski definition) is 7. The van der Waals surface area contributed by atoms with Gasteiger partial charge in [-0.15, -0.1) is 0 Å². The molecule has 1 fully saturated rings. The van der Waals surface area contributed by atoms with Crippen LogP contribution in [0.25, 0.3) is 11.3 Å². The number of carbonyl (C=O) groups excluding carboxylic acids is 2. The molecule has 0 saturated carbocycles. The minimum Gasteiger partial charge on any atom is -0.452 e. The maximum atomic E-state index is 14.3. The van der Waals surface area contributed by atoms with Gasteiger partial charge in [0, 0.05) is 12.6 Å². The van der Waals surface area contributed by atoms with Crippen molar-refractivity contribution in [2.75, 3.05) is 24.7 Å². The van der Waals surface area contributed by atoms with Gasteiger partial charge in [-0.1, -0.05) is 36.2 Å². The molecule has 0 radical (unpaired) electrons. The number of amides is 1. The predicted molar refractivity (Wildman–Crippen MR) is 116 cm³/mol. The molecule has 1 aromatic heterocycles. The zero-order valence-electron chi connectivity index (χ0n) is 17.8. The van der Waals surface area contributed by atoms with E-state index in [-0.39, 0.29) is 39.1 Å². The van der Waals surface area contributed by atoms with Crippen molar-refractivity contribution < 1.29 is 31.7 Å². The molecular weight excluding hydrogens is 463 g/mol. The van der Waals surface area contributed by atoms with E-state index in [9.17, 15) is 22.4 Å². The highest BCUT2D eigenvalue weighted by Crippen LogP contribution is 2.33. The number of hydrogen-bond donors (Lipinski definition) is 0. The molecule has 11 heteroatoms. The van der Waals surface area contributed by atoms with Crippen LogP contribution in [0.5, 0.6) is 0 Å². The van der Waals surface area contributed by atoms with Crippen LogP contribution in [0, 0.1) is 12.7 Å². The van der Waals surface area contributed by atoms with Crippen molar-refractivity contribution in [2.24, 2.45) is 0 Å². The van der Waals surface area contributed by atoms with Gasteiger partial charge >= 0.3 is 5.97 Å². The summed E-state index contributed by atoms with van der Waals surface area (Å²) in [5.74, 6) is -2.09. The number of ether oxygens (including phenoxy) is 1. The molecule has 1 atom stereocenters. The Morgan fingerprint density at radius 1 is 1.38 bits per heavy atom. The SMILES string of the molecule is CCCCN(C(=O)COC(=O)c1c(-c2c(F)cccc2Cl)noc1C)C1CCS(=O)(=O)C1. The van der Waals surface area contributed by atoms with E-state index in [1.807, 2.05) is 6.92 Å². The monoisotopic (exact) mass is 486 g/mol. The first kappa shape index (κ1) is 24.2. The largest absolute Gasteiger partial charge is 0.452 e. The number of benzene rings is 1. The Morgan fingerprint density at radius 3 is 2.75 bits per heavy atom. The Morgan fingerprint density at radius 2 is 2.12 bits per heavy atom. The number of carbonyl (C=O) groups is 2. The van der Waals surface area contributed by atoms with Crippen LogP contribution in [0.4, 0.5) is 4.39 Å². The number of aryl methyl sites for hydroxylation is 1. The lowest BCUT2D eigenvalue weighted by Gasteiger charge is -2.28. The van der Waals surface area contributed by atoms with Crippen LogP contribution < -0.4 is 0 Å². The maximum Gasteiger partial charge on any atom is 0.344 e. The summed E-state index contributed by atoms with van der Waals surface area (Å²) in [5.41, 5.74) is -0.355. The van der Waals surface area contributed by atoms with Gasteiger partial charge < -0.3 is 14.2 Å². The van der Waals surface area contributed by atoms with Crippen LogP contribution in [0.1, 0.15) is 42.3 Å². The second-order valence-corrected chi connectivity index (χ2v) is 10.3. The molecule has 0 bridgehead atoms. The fraction of sp³-hybridized carbons (Fsp3) is 0.476. The van der Waals surface area contributed by atoms with Crippen molar-refractivity contribution >= 4 is 33.3 Å². The van der Waals surface area contributed by atoms with E-state index in [1.165, 1.54) is 30.0 Å². The minimum atomic E-state index is -3.19. The molecular formula is C21H24ClFN2O6S. The highest BCUT2D eigenvalue weighted by molar-refractivity contribution is 7.91. The van der Waals surface area contributed by atoms with Crippen LogP contribution in [0.2, 0.25) is 5.02 Å². The van der Waals surface area contributed by atoms with E-state index in [2.05, 4.69) is 5.16 Å². The van der Waals surface area contributed by atoms with E-state index < -0.39 is 40.2 Å². The molecule has 174 valence electrons. The summed E-state index contributed by atoms with van der Waals surface area (Å²) in [7, 11) is -3.19. The van der Waals surface area contributed by atoms with Crippen LogP contribution in [-0.4, -0.2) is 61.1 Å². The summed E-state index contributed by atoms with van der Waals surface area (Å²) >= 11 is 6.08. The summed E-state index contributed by atoms with van der Waals surface area (Å²) < 4.78 is 48.3. The molecule has 32 heavy (non-hydrogen) atoms. The molecule has 3 rings (SSSR count). The fourth-order valence-electron chi connectivity index (χ4n) is 3.65. The number of nitrogens with zero attached hydrogens (tertiary/aromatic N) is 2. The number of esters is 1. The van der Waals surface area contributed by atoms with Gasteiger partial charge in [-0.3, -0.25) is 4.79 Å². The molecule has 1 unspecified atom stereocenters. The van der Waals surface area contributed by atoms with Gasteiger partial charge in [0.05, 0.1) is 22.1 Å². The van der Waals surface area contributed by atoms with Crippen LogP contribution in [0.15, 0.2) is 22.7 Å². The topological polar surface area (TPSA) is 107 Å². The van der Waals surface area contributed by atoms with Gasteiger partial charge in [-0.2, -0.15) is 0 Å². The van der Waals surface area contributed by atoms with Gasteiger partial charge in [0.15, 0.2) is 16.4 Å². The molecule has 1 saturated heterocycles. The number of sulfone groups is 1. The van der Waals surface area contributed by atoms with E-state index in [0.717, 1.165) is 6.42 Å². The summed E-state index contributed by atoms with van der Waals surface area (Å²) in [5, 5.41) is 3.79. The predicted octanol–water partition coefficient (Wildman–Crippen LogP) is 3.42. The number of rotatable bonds is 8. The molecule has 1 aromatic carbocycles. The van der Waals surface area contributed by atoms with Gasteiger partial charge in [-0.25, -0.2) is 17.6 Å². The zero-order chi connectivity index (χ0) is 23.5. The lowest BCUT2D eigenvalue weighted by Crippen LogP contribution is -2.43. The maximum absolute atomic E-state index is 14.3. The highest BCUT2D eigenvalue weighted by Gasteiger charge is 2.35. The molecule has 0 aliphatic carbocycles. The standard InChI is InChI=1S/C21H24ClFN2O6S/c1-3-4-9-25(14-8-10-32(28,29)12-14)17(26)11-30-21(27)18-13(2)31-24-20(18)19-15(22)6-5-7-16(19)23/h5-7,14H,3-4,8-12H2,1-2H3.